The van der Waals surface area contributed by atoms with E-state index in [0.717, 1.165) is 68.3 Å². The van der Waals surface area contributed by atoms with E-state index in [1.54, 1.807) is 6.07 Å². The second kappa shape index (κ2) is 10.9. The van der Waals surface area contributed by atoms with Gasteiger partial charge in [0.25, 0.3) is 0 Å². The molecule has 1 aliphatic heterocycles. The number of carboxylic acid groups (broad SMARTS) is 1. The predicted octanol–water partition coefficient (Wildman–Crippen LogP) is 6.72. The van der Waals surface area contributed by atoms with Gasteiger partial charge < -0.3 is 18.9 Å². The molecule has 0 spiro atoms. The maximum absolute atomic E-state index is 16.0. The van der Waals surface area contributed by atoms with E-state index in [0.29, 0.717) is 43.6 Å². The molecule has 0 saturated carbocycles. The van der Waals surface area contributed by atoms with E-state index in [2.05, 4.69) is 26.2 Å². The summed E-state index contributed by atoms with van der Waals surface area (Å²) in [7, 11) is 6.23. The minimum Gasteiger partial charge on any atom is -0.493 e. The van der Waals surface area contributed by atoms with Gasteiger partial charge in [0.1, 0.15) is 29.5 Å². The van der Waals surface area contributed by atoms with Crippen molar-refractivity contribution in [2.75, 3.05) is 27.2 Å². The van der Waals surface area contributed by atoms with Crippen LogP contribution in [0.5, 0.6) is 5.75 Å². The number of aromatic nitrogens is 3. The average molecular weight is 570 g/mol. The summed E-state index contributed by atoms with van der Waals surface area (Å²) in [6.07, 6.45) is 2.85. The van der Waals surface area contributed by atoms with Gasteiger partial charge in [-0.25, -0.2) is 9.18 Å². The quantitative estimate of drug-likeness (QED) is 0.182. The lowest BCUT2D eigenvalue weighted by molar-refractivity contribution is -0.904. The molecule has 42 heavy (non-hydrogen) atoms. The first-order valence-corrected chi connectivity index (χ1v) is 14.7. The van der Waals surface area contributed by atoms with Crippen LogP contribution >= 0.6 is 0 Å². The second-order valence-electron chi connectivity index (χ2n) is 12.1. The number of hydrogen-bond acceptors (Lipinski definition) is 3. The Balaban J connectivity index is 1.44. The Hall–Kier alpha value is -4.17. The lowest BCUT2D eigenvalue weighted by atomic mass is 9.97. The molecule has 3 aromatic carbocycles. The molecule has 218 valence electrons. The highest BCUT2D eigenvalue weighted by Crippen LogP contribution is 2.41. The zero-order chi connectivity index (χ0) is 29.6. The number of halogens is 1. The van der Waals surface area contributed by atoms with Gasteiger partial charge in [-0.3, -0.25) is 4.68 Å². The molecule has 3 heterocycles. The number of quaternary nitrogens is 1. The summed E-state index contributed by atoms with van der Waals surface area (Å²) in [6, 6.07) is 17.3. The molecule has 1 aliphatic rings. The van der Waals surface area contributed by atoms with Crippen molar-refractivity contribution in [3.63, 3.8) is 0 Å². The summed E-state index contributed by atoms with van der Waals surface area (Å²) < 4.78 is 26.6. The van der Waals surface area contributed by atoms with E-state index in [-0.39, 0.29) is 11.5 Å². The maximum Gasteiger partial charge on any atom is 0.352 e. The van der Waals surface area contributed by atoms with E-state index in [1.165, 1.54) is 6.07 Å². The average Bonchev–Trinajstić information content (AvgIpc) is 3.40. The number of nitrogens with zero attached hydrogens (tertiary/aromatic N) is 4. The van der Waals surface area contributed by atoms with Crippen LogP contribution in [0.15, 0.2) is 54.6 Å². The first-order valence-electron chi connectivity index (χ1n) is 14.7. The highest BCUT2D eigenvalue weighted by molar-refractivity contribution is 6.04. The standard InChI is InChI=1S/C34H37FN4O3/c1-22-30-28(36-37(22)2)21-39(3,4)19-8-7-18-38-32-26(16-17-27(35)31(30)32)25(33(38)34(40)41)14-10-20-42-29-15-9-12-23-11-5-6-13-24(23)29/h5-6,9,11-13,15-17H,7-8,10,14,18-21H2,1-4H3/p+1. The Morgan fingerprint density at radius 3 is 2.64 bits per heavy atom. The fourth-order valence-corrected chi connectivity index (χ4v) is 6.61. The van der Waals surface area contributed by atoms with Gasteiger partial charge in [-0.05, 0) is 61.8 Å². The Kier molecular flexibility index (Phi) is 7.27. The highest BCUT2D eigenvalue weighted by Gasteiger charge is 2.31. The van der Waals surface area contributed by atoms with Crippen LogP contribution in [0.25, 0.3) is 32.8 Å². The number of carboxylic acids is 1. The summed E-state index contributed by atoms with van der Waals surface area (Å²) in [6.45, 7) is 4.49. The molecule has 0 aliphatic carbocycles. The lowest BCUT2D eigenvalue weighted by Gasteiger charge is -2.29. The van der Waals surface area contributed by atoms with Crippen LogP contribution in [-0.4, -0.2) is 57.2 Å². The fourth-order valence-electron chi connectivity index (χ4n) is 6.61. The number of aromatic carboxylic acids is 1. The molecule has 1 N–H and O–H groups in total. The minimum atomic E-state index is -0.989. The Morgan fingerprint density at radius 2 is 1.83 bits per heavy atom. The summed E-state index contributed by atoms with van der Waals surface area (Å²) in [5.41, 5.74) is 4.57. The molecule has 0 saturated heterocycles. The Bertz CT molecular complexity index is 1810. The van der Waals surface area contributed by atoms with Crippen LogP contribution in [0.3, 0.4) is 0 Å². The van der Waals surface area contributed by atoms with Crippen LogP contribution in [0, 0.1) is 12.7 Å². The van der Waals surface area contributed by atoms with Gasteiger partial charge in [-0.1, -0.05) is 36.4 Å². The number of rotatable bonds is 6. The van der Waals surface area contributed by atoms with Gasteiger partial charge in [0.2, 0.25) is 0 Å². The third kappa shape index (κ3) is 4.94. The highest BCUT2D eigenvalue weighted by atomic mass is 19.1. The molecule has 0 atom stereocenters. The Labute approximate surface area is 245 Å². The van der Waals surface area contributed by atoms with Crippen LogP contribution in [0.2, 0.25) is 0 Å². The van der Waals surface area contributed by atoms with E-state index in [4.69, 9.17) is 9.84 Å². The molecule has 8 heteroatoms. The van der Waals surface area contributed by atoms with Crippen molar-refractivity contribution in [2.45, 2.75) is 45.7 Å². The van der Waals surface area contributed by atoms with Crippen molar-refractivity contribution in [3.8, 4) is 16.9 Å². The van der Waals surface area contributed by atoms with Crippen molar-refractivity contribution in [1.82, 2.24) is 14.3 Å². The van der Waals surface area contributed by atoms with Gasteiger partial charge in [0, 0.05) is 41.2 Å². The monoisotopic (exact) mass is 569 g/mol. The van der Waals surface area contributed by atoms with Gasteiger partial charge in [0.05, 0.1) is 32.8 Å². The van der Waals surface area contributed by atoms with Crippen molar-refractivity contribution >= 4 is 27.6 Å². The molecule has 7 nitrogen and oxygen atoms in total. The van der Waals surface area contributed by atoms with Gasteiger partial charge in [-0.2, -0.15) is 5.10 Å². The molecule has 2 aromatic heterocycles. The summed E-state index contributed by atoms with van der Waals surface area (Å²) in [4.78, 5) is 12.9. The topological polar surface area (TPSA) is 69.3 Å². The van der Waals surface area contributed by atoms with Gasteiger partial charge in [0.15, 0.2) is 0 Å². The zero-order valence-corrected chi connectivity index (χ0v) is 24.8. The number of aryl methyl sites for hydroxylation is 3. The largest absolute Gasteiger partial charge is 0.493 e. The van der Waals surface area contributed by atoms with Crippen molar-refractivity contribution < 1.29 is 23.5 Å². The van der Waals surface area contributed by atoms with Gasteiger partial charge >= 0.3 is 5.97 Å². The van der Waals surface area contributed by atoms with Crippen LogP contribution in [0.1, 0.15) is 46.7 Å². The van der Waals surface area contributed by atoms with Crippen molar-refractivity contribution in [3.05, 3.63) is 83.1 Å². The van der Waals surface area contributed by atoms with E-state index in [1.807, 2.05) is 53.6 Å². The zero-order valence-electron chi connectivity index (χ0n) is 24.8. The molecule has 0 amide bonds. The number of hydrogen-bond donors (Lipinski definition) is 1. The van der Waals surface area contributed by atoms with Crippen LogP contribution in [-0.2, 0) is 26.6 Å². The maximum atomic E-state index is 16.0. The molecule has 0 bridgehead atoms. The molecular formula is C34H38FN4O3+. The normalized spacial score (nSPS) is 15.0. The lowest BCUT2D eigenvalue weighted by Crippen LogP contribution is -2.39. The SMILES string of the molecule is Cc1c2c(nn1C)C[N+](C)(C)CCCCn1c(C(=O)O)c(CCCOc3cccc4ccccc34)c3ccc(F)c-2c31. The van der Waals surface area contributed by atoms with E-state index >= 15 is 4.39 Å². The van der Waals surface area contributed by atoms with Crippen molar-refractivity contribution in [2.24, 2.45) is 7.05 Å². The van der Waals surface area contributed by atoms with E-state index < -0.39 is 5.97 Å². The number of ether oxygens (including phenoxy) is 1. The second-order valence-corrected chi connectivity index (χ2v) is 12.1. The molecule has 5 aromatic rings. The van der Waals surface area contributed by atoms with Crippen LogP contribution < -0.4 is 4.74 Å². The first-order chi connectivity index (χ1) is 20.2. The molecular weight excluding hydrogens is 531 g/mol. The van der Waals surface area contributed by atoms with Crippen molar-refractivity contribution in [1.29, 1.82) is 0 Å². The molecule has 0 radical (unpaired) electrons. The van der Waals surface area contributed by atoms with Crippen LogP contribution in [0.4, 0.5) is 4.39 Å². The summed E-state index contributed by atoms with van der Waals surface area (Å²) in [5.74, 6) is -0.531. The number of carbonyl (C=O) groups is 1. The third-order valence-electron chi connectivity index (χ3n) is 8.69. The first kappa shape index (κ1) is 28.0. The molecule has 0 unspecified atom stereocenters. The molecule has 6 rings (SSSR count). The van der Waals surface area contributed by atoms with Gasteiger partial charge in [-0.15, -0.1) is 0 Å². The number of fused-ring (bicyclic) bond motifs is 3. The summed E-state index contributed by atoms with van der Waals surface area (Å²) in [5, 5.41) is 18.3. The predicted molar refractivity (Wildman–Crippen MR) is 163 cm³/mol. The fraction of sp³-hybridized carbons (Fsp3) is 0.353. The third-order valence-corrected chi connectivity index (χ3v) is 8.69. The molecule has 0 fully saturated rings. The van der Waals surface area contributed by atoms with E-state index in [9.17, 15) is 9.90 Å². The minimum absolute atomic E-state index is 0.248. The number of benzene rings is 3. The summed E-state index contributed by atoms with van der Waals surface area (Å²) >= 11 is 0. The Morgan fingerprint density at radius 1 is 1.05 bits per heavy atom. The smallest absolute Gasteiger partial charge is 0.352 e.